The topological polar surface area (TPSA) is 51.0 Å². The number of nitrogens with one attached hydrogen (secondary N) is 1. The van der Waals surface area contributed by atoms with Crippen molar-refractivity contribution in [2.45, 2.75) is 18.9 Å². The van der Waals surface area contributed by atoms with Crippen LogP contribution in [0.1, 0.15) is 17.3 Å². The summed E-state index contributed by atoms with van der Waals surface area (Å²) in [6, 6.07) is 5.95. The van der Waals surface area contributed by atoms with Crippen LogP contribution in [0.2, 0.25) is 10.0 Å². The highest BCUT2D eigenvalue weighted by Crippen LogP contribution is 2.23. The summed E-state index contributed by atoms with van der Waals surface area (Å²) < 4.78 is 5.32. The van der Waals surface area contributed by atoms with E-state index in [1.807, 2.05) is 23.9 Å². The second-order valence-corrected chi connectivity index (χ2v) is 6.92. The maximum Gasteiger partial charge on any atom is 0.228 e. The van der Waals surface area contributed by atoms with E-state index in [4.69, 9.17) is 27.7 Å². The van der Waals surface area contributed by atoms with Crippen LogP contribution in [-0.2, 0) is 12.8 Å². The van der Waals surface area contributed by atoms with Crippen LogP contribution in [0.5, 0.6) is 0 Å². The van der Waals surface area contributed by atoms with Crippen molar-refractivity contribution in [2.24, 2.45) is 0 Å². The lowest BCUT2D eigenvalue weighted by atomic mass is 10.1. The molecule has 0 spiro atoms. The molecular formula is C14H15Cl2N3OS. The lowest BCUT2D eigenvalue weighted by Gasteiger charge is -2.21. The first-order valence-corrected chi connectivity index (χ1v) is 8.68. The van der Waals surface area contributed by atoms with Gasteiger partial charge in [-0.25, -0.2) is 0 Å². The molecule has 4 nitrogen and oxygen atoms in total. The summed E-state index contributed by atoms with van der Waals surface area (Å²) in [4.78, 5) is 4.45. The first-order valence-electron chi connectivity index (χ1n) is 6.77. The minimum Gasteiger partial charge on any atom is -0.339 e. The number of aromatic nitrogens is 2. The predicted octanol–water partition coefficient (Wildman–Crippen LogP) is 3.21. The maximum atomic E-state index is 6.01. The van der Waals surface area contributed by atoms with Crippen LogP contribution >= 0.6 is 35.0 Å². The summed E-state index contributed by atoms with van der Waals surface area (Å²) in [5.41, 5.74) is 1.02. The van der Waals surface area contributed by atoms with Crippen LogP contribution in [0.4, 0.5) is 0 Å². The molecule has 2 aromatic rings. The van der Waals surface area contributed by atoms with Gasteiger partial charge in [-0.3, -0.25) is 0 Å². The van der Waals surface area contributed by atoms with Gasteiger partial charge in [0.1, 0.15) is 0 Å². The molecule has 7 heteroatoms. The predicted molar refractivity (Wildman–Crippen MR) is 86.4 cm³/mol. The number of thioether (sulfide) groups is 1. The molecule has 1 aromatic heterocycles. The van der Waals surface area contributed by atoms with Gasteiger partial charge in [-0.15, -0.1) is 0 Å². The largest absolute Gasteiger partial charge is 0.339 e. The zero-order chi connectivity index (χ0) is 14.7. The molecule has 2 heterocycles. The second kappa shape index (κ2) is 7.01. The van der Waals surface area contributed by atoms with Crippen LogP contribution in [-0.4, -0.2) is 34.2 Å². The van der Waals surface area contributed by atoms with Crippen molar-refractivity contribution in [3.63, 3.8) is 0 Å². The Kier molecular flexibility index (Phi) is 5.06. The fraction of sp³-hybridized carbons (Fsp3) is 0.429. The monoisotopic (exact) mass is 343 g/mol. The molecule has 21 heavy (non-hydrogen) atoms. The van der Waals surface area contributed by atoms with Gasteiger partial charge in [-0.2, -0.15) is 16.7 Å². The third-order valence-corrected chi connectivity index (χ3v) is 5.15. The molecule has 1 aliphatic rings. The number of hydrogen-bond acceptors (Lipinski definition) is 5. The summed E-state index contributed by atoms with van der Waals surface area (Å²) in [5.74, 6) is 3.62. The van der Waals surface area contributed by atoms with E-state index in [1.54, 1.807) is 6.07 Å². The molecule has 3 rings (SSSR count). The third-order valence-electron chi connectivity index (χ3n) is 3.28. The minimum absolute atomic E-state index is 0.419. The van der Waals surface area contributed by atoms with Crippen molar-refractivity contribution in [3.8, 4) is 0 Å². The van der Waals surface area contributed by atoms with Crippen LogP contribution in [0.25, 0.3) is 0 Å². The quantitative estimate of drug-likeness (QED) is 0.923. The van der Waals surface area contributed by atoms with Gasteiger partial charge < -0.3 is 9.84 Å². The lowest BCUT2D eigenvalue weighted by molar-refractivity contribution is 0.359. The highest BCUT2D eigenvalue weighted by Gasteiger charge is 2.17. The summed E-state index contributed by atoms with van der Waals surface area (Å²) in [5, 5.41) is 8.59. The van der Waals surface area contributed by atoms with Gasteiger partial charge in [0, 0.05) is 36.9 Å². The van der Waals surface area contributed by atoms with E-state index in [0.29, 0.717) is 34.2 Å². The molecular weight excluding hydrogens is 329 g/mol. The Morgan fingerprint density at radius 2 is 2.24 bits per heavy atom. The third kappa shape index (κ3) is 4.13. The smallest absolute Gasteiger partial charge is 0.228 e. The second-order valence-electron chi connectivity index (χ2n) is 4.96. The van der Waals surface area contributed by atoms with Crippen molar-refractivity contribution >= 4 is 35.0 Å². The number of rotatable bonds is 4. The molecule has 0 aliphatic carbocycles. The molecule has 1 aromatic carbocycles. The van der Waals surface area contributed by atoms with Crippen molar-refractivity contribution in [2.75, 3.05) is 18.1 Å². The molecule has 0 radical (unpaired) electrons. The van der Waals surface area contributed by atoms with Gasteiger partial charge in [-0.1, -0.05) is 34.4 Å². The van der Waals surface area contributed by atoms with Gasteiger partial charge in [0.2, 0.25) is 5.89 Å². The first kappa shape index (κ1) is 15.2. The number of nitrogens with zero attached hydrogens (tertiary/aromatic N) is 2. The van der Waals surface area contributed by atoms with E-state index < -0.39 is 0 Å². The summed E-state index contributed by atoms with van der Waals surface area (Å²) in [7, 11) is 0. The number of hydrogen-bond donors (Lipinski definition) is 1. The molecule has 1 atom stereocenters. The van der Waals surface area contributed by atoms with Crippen molar-refractivity contribution in [1.82, 2.24) is 15.5 Å². The van der Waals surface area contributed by atoms with E-state index in [1.165, 1.54) is 5.75 Å². The fourth-order valence-corrected chi connectivity index (χ4v) is 3.51. The van der Waals surface area contributed by atoms with E-state index >= 15 is 0 Å². The van der Waals surface area contributed by atoms with Gasteiger partial charge in [0.15, 0.2) is 5.82 Å². The molecule has 1 fully saturated rings. The van der Waals surface area contributed by atoms with Crippen LogP contribution < -0.4 is 5.32 Å². The summed E-state index contributed by atoms with van der Waals surface area (Å²) >= 11 is 13.9. The van der Waals surface area contributed by atoms with Crippen LogP contribution in [0.15, 0.2) is 22.7 Å². The van der Waals surface area contributed by atoms with Crippen molar-refractivity contribution in [1.29, 1.82) is 0 Å². The Bertz CT molecular complexity index is 614. The standard InChI is InChI=1S/C14H15Cl2N3OS/c15-11-2-1-9(5-12(11)16)6-13-18-14(20-19-13)7-10-8-21-4-3-17-10/h1-2,5,10,17H,3-4,6-8H2. The van der Waals surface area contributed by atoms with E-state index in [2.05, 4.69) is 15.5 Å². The zero-order valence-corrected chi connectivity index (χ0v) is 13.6. The number of benzene rings is 1. The fourth-order valence-electron chi connectivity index (χ4n) is 2.24. The molecule has 1 N–H and O–H groups in total. The average molecular weight is 344 g/mol. The van der Waals surface area contributed by atoms with Crippen molar-refractivity contribution < 1.29 is 4.52 Å². The Hall–Kier alpha value is -0.750. The first-order chi connectivity index (χ1) is 10.2. The van der Waals surface area contributed by atoms with Crippen molar-refractivity contribution in [3.05, 3.63) is 45.5 Å². The average Bonchev–Trinajstić information content (AvgIpc) is 2.91. The minimum atomic E-state index is 0.419. The van der Waals surface area contributed by atoms with E-state index in [9.17, 15) is 0 Å². The molecule has 0 amide bonds. The summed E-state index contributed by atoms with van der Waals surface area (Å²) in [6.45, 7) is 1.04. The van der Waals surface area contributed by atoms with Crippen LogP contribution in [0, 0.1) is 0 Å². The summed E-state index contributed by atoms with van der Waals surface area (Å²) in [6.07, 6.45) is 1.37. The highest BCUT2D eigenvalue weighted by molar-refractivity contribution is 7.99. The van der Waals surface area contributed by atoms with Gasteiger partial charge in [0.25, 0.3) is 0 Å². The highest BCUT2D eigenvalue weighted by atomic mass is 35.5. The molecule has 1 unspecified atom stereocenters. The molecule has 0 saturated carbocycles. The van der Waals surface area contributed by atoms with Gasteiger partial charge in [-0.05, 0) is 17.7 Å². The number of halogens is 2. The van der Waals surface area contributed by atoms with Gasteiger partial charge >= 0.3 is 0 Å². The molecule has 1 aliphatic heterocycles. The molecule has 112 valence electrons. The lowest BCUT2D eigenvalue weighted by Crippen LogP contribution is -2.38. The van der Waals surface area contributed by atoms with Crippen LogP contribution in [0.3, 0.4) is 0 Å². The Labute approximate surface area is 137 Å². The normalized spacial score (nSPS) is 18.9. The van der Waals surface area contributed by atoms with E-state index in [0.717, 1.165) is 24.3 Å². The van der Waals surface area contributed by atoms with E-state index in [-0.39, 0.29) is 0 Å². The Balaban J connectivity index is 1.62. The Morgan fingerprint density at radius 3 is 3.00 bits per heavy atom. The van der Waals surface area contributed by atoms with Gasteiger partial charge in [0.05, 0.1) is 10.0 Å². The SMILES string of the molecule is Clc1ccc(Cc2noc(CC3CSCCN3)n2)cc1Cl. The molecule has 1 saturated heterocycles. The molecule has 0 bridgehead atoms. The maximum absolute atomic E-state index is 6.01. The zero-order valence-electron chi connectivity index (χ0n) is 11.3. The Morgan fingerprint density at radius 1 is 1.33 bits per heavy atom.